The fourth-order valence-corrected chi connectivity index (χ4v) is 3.07. The van der Waals surface area contributed by atoms with Crippen LogP contribution in [0.2, 0.25) is 0 Å². The lowest BCUT2D eigenvalue weighted by atomic mass is 10.0. The monoisotopic (exact) mass is 335 g/mol. The molecule has 0 spiro atoms. The van der Waals surface area contributed by atoms with Crippen molar-refractivity contribution in [1.82, 2.24) is 25.0 Å². The predicted molar refractivity (Wildman–Crippen MR) is 96.7 cm³/mol. The number of aryl methyl sites for hydroxylation is 3. The number of nitriles is 1. The van der Waals surface area contributed by atoms with Gasteiger partial charge in [-0.25, -0.2) is 4.98 Å². The largest absolute Gasteiger partial charge is 0.383 e. The number of aromatic nitrogens is 5. The Labute approximate surface area is 146 Å². The topological polar surface area (TPSA) is 109 Å². The summed E-state index contributed by atoms with van der Waals surface area (Å²) in [7, 11) is 0. The summed E-state index contributed by atoms with van der Waals surface area (Å²) in [6.07, 6.45) is 0.837. The Balaban J connectivity index is 2.24. The van der Waals surface area contributed by atoms with Crippen molar-refractivity contribution < 1.29 is 0 Å². The van der Waals surface area contributed by atoms with Crippen molar-refractivity contribution in [3.05, 3.63) is 34.8 Å². The Bertz CT molecular complexity index is 972. The molecule has 3 aromatic heterocycles. The number of rotatable bonds is 4. The second-order valence-corrected chi connectivity index (χ2v) is 5.92. The standard InChI is InChI=1S/C18H21N7/c1-5-12-7-15(23-22-12)13-8-16(21-18(20)14(13)9-19)17-10(3)24-25(6-2)11(17)4/h7-8H,5-6H2,1-4H3,(H2,20,21)(H,22,23). The van der Waals surface area contributed by atoms with E-state index in [1.807, 2.05) is 44.5 Å². The maximum absolute atomic E-state index is 9.51. The molecule has 0 aliphatic carbocycles. The van der Waals surface area contributed by atoms with Gasteiger partial charge in [-0.1, -0.05) is 6.92 Å². The van der Waals surface area contributed by atoms with E-state index in [1.54, 1.807) is 0 Å². The van der Waals surface area contributed by atoms with Crippen LogP contribution in [0.1, 0.15) is 36.5 Å². The van der Waals surface area contributed by atoms with Gasteiger partial charge >= 0.3 is 0 Å². The van der Waals surface area contributed by atoms with Crippen molar-refractivity contribution in [3.8, 4) is 28.6 Å². The molecule has 0 atom stereocenters. The summed E-state index contributed by atoms with van der Waals surface area (Å²) in [5.41, 5.74) is 12.4. The lowest BCUT2D eigenvalue weighted by Crippen LogP contribution is -2.01. The molecule has 0 fully saturated rings. The number of anilines is 1. The minimum Gasteiger partial charge on any atom is -0.383 e. The van der Waals surface area contributed by atoms with E-state index in [0.717, 1.165) is 35.6 Å². The molecule has 0 saturated carbocycles. The molecule has 0 aliphatic heterocycles. The van der Waals surface area contributed by atoms with Crippen LogP contribution in [-0.4, -0.2) is 25.0 Å². The molecule has 3 rings (SSSR count). The SMILES string of the molecule is CCc1cc(-c2cc(-c3c(C)nn(CC)c3C)nc(N)c2C#N)n[nH]1. The van der Waals surface area contributed by atoms with E-state index >= 15 is 0 Å². The Hall–Kier alpha value is -3.14. The maximum Gasteiger partial charge on any atom is 0.142 e. The summed E-state index contributed by atoms with van der Waals surface area (Å²) in [6, 6.07) is 5.97. The molecule has 7 nitrogen and oxygen atoms in total. The number of nitrogens with two attached hydrogens (primary N) is 1. The zero-order valence-corrected chi connectivity index (χ0v) is 14.9. The summed E-state index contributed by atoms with van der Waals surface area (Å²) < 4.78 is 1.93. The second kappa shape index (κ2) is 6.40. The number of pyridine rings is 1. The molecule has 0 aromatic carbocycles. The Morgan fingerprint density at radius 3 is 2.56 bits per heavy atom. The number of H-pyrrole nitrogens is 1. The number of aromatic amines is 1. The number of hydrogen-bond acceptors (Lipinski definition) is 5. The number of nitrogens with zero attached hydrogens (tertiary/aromatic N) is 5. The molecule has 0 unspecified atom stereocenters. The van der Waals surface area contributed by atoms with Crippen LogP contribution in [-0.2, 0) is 13.0 Å². The van der Waals surface area contributed by atoms with Gasteiger partial charge in [0.25, 0.3) is 0 Å². The fourth-order valence-electron chi connectivity index (χ4n) is 3.07. The number of hydrogen-bond donors (Lipinski definition) is 2. The quantitative estimate of drug-likeness (QED) is 0.761. The van der Waals surface area contributed by atoms with Crippen molar-refractivity contribution in [3.63, 3.8) is 0 Å². The van der Waals surface area contributed by atoms with Gasteiger partial charge in [0.2, 0.25) is 0 Å². The highest BCUT2D eigenvalue weighted by atomic mass is 15.3. The van der Waals surface area contributed by atoms with Crippen LogP contribution >= 0.6 is 0 Å². The first-order chi connectivity index (χ1) is 12.0. The Kier molecular flexibility index (Phi) is 4.28. The van der Waals surface area contributed by atoms with E-state index in [2.05, 4.69) is 26.3 Å². The lowest BCUT2D eigenvalue weighted by molar-refractivity contribution is 0.634. The molecule has 3 N–H and O–H groups in total. The van der Waals surface area contributed by atoms with Crippen molar-refractivity contribution in [2.24, 2.45) is 0 Å². The number of nitrogens with one attached hydrogen (secondary N) is 1. The van der Waals surface area contributed by atoms with Gasteiger partial charge in [-0.15, -0.1) is 0 Å². The maximum atomic E-state index is 9.51. The van der Waals surface area contributed by atoms with E-state index in [4.69, 9.17) is 5.73 Å². The van der Waals surface area contributed by atoms with Gasteiger partial charge < -0.3 is 5.73 Å². The van der Waals surface area contributed by atoms with Gasteiger partial charge in [0.05, 0.1) is 17.1 Å². The van der Waals surface area contributed by atoms with E-state index in [1.165, 1.54) is 0 Å². The van der Waals surface area contributed by atoms with Crippen molar-refractivity contribution in [2.75, 3.05) is 5.73 Å². The van der Waals surface area contributed by atoms with E-state index in [-0.39, 0.29) is 5.82 Å². The van der Waals surface area contributed by atoms with Crippen LogP contribution in [0.25, 0.3) is 22.5 Å². The minimum absolute atomic E-state index is 0.207. The molecule has 25 heavy (non-hydrogen) atoms. The van der Waals surface area contributed by atoms with Crippen molar-refractivity contribution in [1.29, 1.82) is 5.26 Å². The summed E-state index contributed by atoms with van der Waals surface area (Å²) in [5.74, 6) is 0.207. The lowest BCUT2D eigenvalue weighted by Gasteiger charge is -2.09. The van der Waals surface area contributed by atoms with Crippen LogP contribution in [0, 0.1) is 25.2 Å². The van der Waals surface area contributed by atoms with Crippen molar-refractivity contribution >= 4 is 5.82 Å². The molecule has 3 heterocycles. The highest BCUT2D eigenvalue weighted by molar-refractivity contribution is 5.79. The predicted octanol–water partition coefficient (Wildman–Crippen LogP) is 2.99. The van der Waals surface area contributed by atoms with Gasteiger partial charge in [0.15, 0.2) is 0 Å². The average Bonchev–Trinajstić information content (AvgIpc) is 3.18. The highest BCUT2D eigenvalue weighted by Gasteiger charge is 2.19. The van der Waals surface area contributed by atoms with Gasteiger partial charge in [-0.05, 0) is 39.3 Å². The van der Waals surface area contributed by atoms with Crippen molar-refractivity contribution in [2.45, 2.75) is 40.7 Å². The molecule has 0 aliphatic rings. The molecule has 0 bridgehead atoms. The normalized spacial score (nSPS) is 10.8. The van der Waals surface area contributed by atoms with Crippen LogP contribution in [0.4, 0.5) is 5.82 Å². The highest BCUT2D eigenvalue weighted by Crippen LogP contribution is 2.33. The minimum atomic E-state index is 0.207. The first-order valence-electron chi connectivity index (χ1n) is 8.29. The van der Waals surface area contributed by atoms with Crippen LogP contribution < -0.4 is 5.73 Å². The van der Waals surface area contributed by atoms with Gasteiger partial charge in [-0.2, -0.15) is 15.5 Å². The van der Waals surface area contributed by atoms with Gasteiger partial charge in [0.1, 0.15) is 17.5 Å². The van der Waals surface area contributed by atoms with Crippen LogP contribution in [0.15, 0.2) is 12.1 Å². The summed E-state index contributed by atoms with van der Waals surface area (Å²) in [6.45, 7) is 8.84. The molecular weight excluding hydrogens is 314 g/mol. The third-order valence-corrected chi connectivity index (χ3v) is 4.38. The van der Waals surface area contributed by atoms with E-state index < -0.39 is 0 Å². The van der Waals surface area contributed by atoms with E-state index in [9.17, 15) is 5.26 Å². The zero-order chi connectivity index (χ0) is 18.1. The molecule has 7 heteroatoms. The third kappa shape index (κ3) is 2.76. The van der Waals surface area contributed by atoms with Crippen LogP contribution in [0.5, 0.6) is 0 Å². The molecular formula is C18H21N7. The summed E-state index contributed by atoms with van der Waals surface area (Å²) >= 11 is 0. The zero-order valence-electron chi connectivity index (χ0n) is 14.9. The molecule has 128 valence electrons. The smallest absolute Gasteiger partial charge is 0.142 e. The van der Waals surface area contributed by atoms with E-state index in [0.29, 0.717) is 22.5 Å². The van der Waals surface area contributed by atoms with Gasteiger partial charge in [0, 0.05) is 29.1 Å². The fraction of sp³-hybridized carbons (Fsp3) is 0.333. The molecule has 0 amide bonds. The Morgan fingerprint density at radius 1 is 1.24 bits per heavy atom. The molecule has 0 saturated heterocycles. The van der Waals surface area contributed by atoms with Crippen LogP contribution in [0.3, 0.4) is 0 Å². The average molecular weight is 335 g/mol. The summed E-state index contributed by atoms with van der Waals surface area (Å²) in [4.78, 5) is 4.46. The summed E-state index contributed by atoms with van der Waals surface area (Å²) in [5, 5.41) is 21.4. The third-order valence-electron chi connectivity index (χ3n) is 4.38. The number of nitrogen functional groups attached to an aromatic ring is 1. The molecule has 0 radical (unpaired) electrons. The first-order valence-corrected chi connectivity index (χ1v) is 8.29. The molecule has 3 aromatic rings. The Morgan fingerprint density at radius 2 is 2.00 bits per heavy atom. The first kappa shape index (κ1) is 16.7. The second-order valence-electron chi connectivity index (χ2n) is 5.92. The van der Waals surface area contributed by atoms with Gasteiger partial charge in [-0.3, -0.25) is 9.78 Å².